The molecular weight excluding hydrogens is 428 g/mol. The predicted octanol–water partition coefficient (Wildman–Crippen LogP) is 4.27. The molecule has 0 bridgehead atoms. The second kappa shape index (κ2) is 11.3. The van der Waals surface area contributed by atoms with Gasteiger partial charge in [0.25, 0.3) is 5.91 Å². The molecule has 7 nitrogen and oxygen atoms in total. The Morgan fingerprint density at radius 3 is 2.78 bits per heavy atom. The fourth-order valence-corrected chi connectivity index (χ4v) is 3.63. The van der Waals surface area contributed by atoms with Crippen molar-refractivity contribution in [3.8, 4) is 11.8 Å². The standard InChI is InChI=1S/C24H25ClN4O3/c1-32-22-8-6-17(12-20(22)25)14-29-23-18-11-16(13-26)5-7-21(18)28-15-19(23)24(31)27-9-3-2-4-10-30/h5-8,11-12,15,30H,2-4,9-10,14H2,1H3,(H,27,31)(H,28,29). The molecule has 0 fully saturated rings. The molecule has 3 rings (SSSR count). The maximum atomic E-state index is 12.9. The van der Waals surface area contributed by atoms with Crippen LogP contribution in [0.1, 0.15) is 40.7 Å². The number of benzene rings is 2. The van der Waals surface area contributed by atoms with Gasteiger partial charge < -0.3 is 20.5 Å². The number of nitrogens with one attached hydrogen (secondary N) is 2. The number of fused-ring (bicyclic) bond motifs is 1. The zero-order valence-corrected chi connectivity index (χ0v) is 18.6. The van der Waals surface area contributed by atoms with Gasteiger partial charge in [0.1, 0.15) is 5.75 Å². The third kappa shape index (κ3) is 5.67. The van der Waals surface area contributed by atoms with Crippen molar-refractivity contribution in [2.45, 2.75) is 25.8 Å². The molecule has 0 aliphatic heterocycles. The number of hydrogen-bond donors (Lipinski definition) is 3. The molecule has 3 aromatic rings. The van der Waals surface area contributed by atoms with Gasteiger partial charge in [0, 0.05) is 31.3 Å². The molecular formula is C24H25ClN4O3. The van der Waals surface area contributed by atoms with E-state index in [0.717, 1.165) is 18.4 Å². The quantitative estimate of drug-likeness (QED) is 0.396. The molecule has 1 aromatic heterocycles. The van der Waals surface area contributed by atoms with Crippen molar-refractivity contribution in [2.75, 3.05) is 25.6 Å². The molecule has 2 aromatic carbocycles. The van der Waals surface area contributed by atoms with E-state index in [-0.39, 0.29) is 12.5 Å². The highest BCUT2D eigenvalue weighted by atomic mass is 35.5. The van der Waals surface area contributed by atoms with Gasteiger partial charge in [-0.2, -0.15) is 5.26 Å². The van der Waals surface area contributed by atoms with E-state index in [0.29, 0.717) is 58.0 Å². The highest BCUT2D eigenvalue weighted by molar-refractivity contribution is 6.32. The van der Waals surface area contributed by atoms with E-state index < -0.39 is 0 Å². The van der Waals surface area contributed by atoms with Gasteiger partial charge in [-0.3, -0.25) is 9.78 Å². The molecule has 32 heavy (non-hydrogen) atoms. The minimum absolute atomic E-state index is 0.146. The van der Waals surface area contributed by atoms with Crippen LogP contribution in [0.15, 0.2) is 42.6 Å². The minimum Gasteiger partial charge on any atom is -0.495 e. The van der Waals surface area contributed by atoms with E-state index in [1.54, 1.807) is 43.6 Å². The second-order valence-corrected chi connectivity index (χ2v) is 7.66. The van der Waals surface area contributed by atoms with Crippen LogP contribution >= 0.6 is 11.6 Å². The molecule has 0 saturated heterocycles. The maximum Gasteiger partial charge on any atom is 0.254 e. The van der Waals surface area contributed by atoms with Gasteiger partial charge in [0.15, 0.2) is 0 Å². The van der Waals surface area contributed by atoms with Crippen LogP contribution in [-0.4, -0.2) is 36.3 Å². The van der Waals surface area contributed by atoms with Crippen molar-refractivity contribution in [1.82, 2.24) is 10.3 Å². The van der Waals surface area contributed by atoms with Crippen LogP contribution < -0.4 is 15.4 Å². The van der Waals surface area contributed by atoms with Gasteiger partial charge in [-0.05, 0) is 55.2 Å². The van der Waals surface area contributed by atoms with Gasteiger partial charge in [0.2, 0.25) is 0 Å². The zero-order valence-electron chi connectivity index (χ0n) is 17.8. The number of rotatable bonds is 10. The van der Waals surface area contributed by atoms with Crippen LogP contribution in [0.5, 0.6) is 5.75 Å². The summed E-state index contributed by atoms with van der Waals surface area (Å²) in [5.74, 6) is 0.339. The fourth-order valence-electron chi connectivity index (χ4n) is 3.35. The lowest BCUT2D eigenvalue weighted by Gasteiger charge is -2.15. The molecule has 0 unspecified atom stereocenters. The van der Waals surface area contributed by atoms with Crippen molar-refractivity contribution in [3.05, 3.63) is 64.3 Å². The number of nitrogens with zero attached hydrogens (tertiary/aromatic N) is 2. The summed E-state index contributed by atoms with van der Waals surface area (Å²) in [7, 11) is 1.56. The van der Waals surface area contributed by atoms with E-state index in [9.17, 15) is 10.1 Å². The van der Waals surface area contributed by atoms with Gasteiger partial charge in [-0.1, -0.05) is 17.7 Å². The first-order chi connectivity index (χ1) is 15.6. The van der Waals surface area contributed by atoms with Gasteiger partial charge in [-0.15, -0.1) is 0 Å². The van der Waals surface area contributed by atoms with E-state index >= 15 is 0 Å². The lowest BCUT2D eigenvalue weighted by Crippen LogP contribution is -2.25. The number of carbonyl (C=O) groups excluding carboxylic acids is 1. The molecule has 0 aliphatic rings. The first kappa shape index (κ1) is 23.3. The minimum atomic E-state index is -0.249. The number of aliphatic hydroxyl groups is 1. The summed E-state index contributed by atoms with van der Waals surface area (Å²) in [5.41, 5.74) is 3.07. The summed E-state index contributed by atoms with van der Waals surface area (Å²) < 4.78 is 5.20. The highest BCUT2D eigenvalue weighted by Crippen LogP contribution is 2.29. The Kier molecular flexibility index (Phi) is 8.26. The Labute approximate surface area is 192 Å². The van der Waals surface area contributed by atoms with E-state index in [1.807, 2.05) is 6.07 Å². The molecule has 1 heterocycles. The van der Waals surface area contributed by atoms with Crippen molar-refractivity contribution in [1.29, 1.82) is 5.26 Å². The van der Waals surface area contributed by atoms with Crippen molar-refractivity contribution >= 4 is 34.1 Å². The summed E-state index contributed by atoms with van der Waals surface area (Å²) >= 11 is 6.24. The summed E-state index contributed by atoms with van der Waals surface area (Å²) in [6, 6.07) is 12.8. The van der Waals surface area contributed by atoms with E-state index in [1.165, 1.54) is 0 Å². The number of hydrogen-bond acceptors (Lipinski definition) is 6. The van der Waals surface area contributed by atoms with E-state index in [2.05, 4.69) is 21.7 Å². The molecule has 0 spiro atoms. The molecule has 8 heteroatoms. The maximum absolute atomic E-state index is 12.9. The number of anilines is 1. The number of aliphatic hydroxyl groups excluding tert-OH is 1. The smallest absolute Gasteiger partial charge is 0.254 e. The lowest BCUT2D eigenvalue weighted by atomic mass is 10.1. The Morgan fingerprint density at radius 2 is 2.06 bits per heavy atom. The molecule has 3 N–H and O–H groups in total. The molecule has 0 aliphatic carbocycles. The molecule has 1 amide bonds. The van der Waals surface area contributed by atoms with E-state index in [4.69, 9.17) is 21.4 Å². The number of aromatic nitrogens is 1. The number of unbranched alkanes of at least 4 members (excludes halogenated alkanes) is 2. The van der Waals surface area contributed by atoms with Gasteiger partial charge in [0.05, 0.1) is 40.5 Å². The fraction of sp³-hybridized carbons (Fsp3) is 0.292. The third-order valence-corrected chi connectivity index (χ3v) is 5.34. The molecule has 0 saturated carbocycles. The summed E-state index contributed by atoms with van der Waals surface area (Å²) in [4.78, 5) is 17.3. The van der Waals surface area contributed by atoms with Crippen LogP contribution in [0, 0.1) is 11.3 Å². The Hall–Kier alpha value is -3.34. The number of carbonyl (C=O) groups is 1. The Balaban J connectivity index is 1.89. The number of pyridine rings is 1. The van der Waals surface area contributed by atoms with Crippen LogP contribution in [0.3, 0.4) is 0 Å². The Morgan fingerprint density at radius 1 is 1.22 bits per heavy atom. The van der Waals surface area contributed by atoms with Crippen LogP contribution in [0.25, 0.3) is 10.9 Å². The molecule has 0 radical (unpaired) electrons. The monoisotopic (exact) mass is 452 g/mol. The van der Waals surface area contributed by atoms with Gasteiger partial charge >= 0.3 is 0 Å². The first-order valence-corrected chi connectivity index (χ1v) is 10.7. The number of ether oxygens (including phenoxy) is 1. The Bertz CT molecular complexity index is 1140. The topological polar surface area (TPSA) is 107 Å². The average molecular weight is 453 g/mol. The summed E-state index contributed by atoms with van der Waals surface area (Å²) in [5, 5.41) is 25.7. The number of halogens is 1. The predicted molar refractivity (Wildman–Crippen MR) is 125 cm³/mol. The zero-order chi connectivity index (χ0) is 22.9. The molecule has 0 atom stereocenters. The number of amides is 1. The summed E-state index contributed by atoms with van der Waals surface area (Å²) in [6.45, 7) is 1.06. The van der Waals surface area contributed by atoms with Crippen LogP contribution in [0.2, 0.25) is 5.02 Å². The van der Waals surface area contributed by atoms with Crippen LogP contribution in [0.4, 0.5) is 5.69 Å². The average Bonchev–Trinajstić information content (AvgIpc) is 2.81. The first-order valence-electron chi connectivity index (χ1n) is 10.4. The van der Waals surface area contributed by atoms with Crippen molar-refractivity contribution < 1.29 is 14.6 Å². The normalized spacial score (nSPS) is 10.6. The summed E-state index contributed by atoms with van der Waals surface area (Å²) in [6.07, 6.45) is 3.86. The van der Waals surface area contributed by atoms with Crippen molar-refractivity contribution in [3.63, 3.8) is 0 Å². The van der Waals surface area contributed by atoms with Gasteiger partial charge in [-0.25, -0.2) is 0 Å². The SMILES string of the molecule is COc1ccc(CNc2c(C(=O)NCCCCCO)cnc3ccc(C#N)cc23)cc1Cl. The molecule has 166 valence electrons. The largest absolute Gasteiger partial charge is 0.495 e. The number of methoxy groups -OCH3 is 1. The second-order valence-electron chi connectivity index (χ2n) is 7.25. The highest BCUT2D eigenvalue weighted by Gasteiger charge is 2.16. The third-order valence-electron chi connectivity index (χ3n) is 5.05. The van der Waals surface area contributed by atoms with Crippen molar-refractivity contribution in [2.24, 2.45) is 0 Å². The number of nitriles is 1. The van der Waals surface area contributed by atoms with Crippen LogP contribution in [-0.2, 0) is 6.54 Å². The lowest BCUT2D eigenvalue weighted by molar-refractivity contribution is 0.0953.